The summed E-state index contributed by atoms with van der Waals surface area (Å²) in [6.45, 7) is 5.57. The van der Waals surface area contributed by atoms with Crippen molar-refractivity contribution in [3.05, 3.63) is 29.8 Å². The molecule has 4 atom stereocenters. The highest BCUT2D eigenvalue weighted by molar-refractivity contribution is 7.88. The minimum atomic E-state index is -7.44. The zero-order valence-electron chi connectivity index (χ0n) is 21.7. The lowest BCUT2D eigenvalue weighted by Gasteiger charge is -2.32. The smallest absolute Gasteiger partial charge is 0.450 e. The maximum Gasteiger partial charge on any atom is 0.450 e. The number of carbonyl (C=O) groups is 3. The van der Waals surface area contributed by atoms with E-state index < -0.39 is 65.3 Å². The normalized spacial score (nSPS) is 23.9. The van der Waals surface area contributed by atoms with Gasteiger partial charge in [0.25, 0.3) is 0 Å². The molecule has 2 aliphatic carbocycles. The molecule has 2 fully saturated rings. The highest BCUT2D eigenvalue weighted by Crippen LogP contribution is 2.54. The molecule has 3 rings (SSSR count). The summed E-state index contributed by atoms with van der Waals surface area (Å²) in [5.41, 5.74) is -0.890. The molecule has 0 radical (unpaired) electrons. The second kappa shape index (κ2) is 10.3. The summed E-state index contributed by atoms with van der Waals surface area (Å²) in [6.07, 6.45) is 1.96. The van der Waals surface area contributed by atoms with Crippen molar-refractivity contribution in [2.75, 3.05) is 0 Å². The molecule has 0 saturated heterocycles. The van der Waals surface area contributed by atoms with Crippen molar-refractivity contribution in [1.29, 1.82) is 0 Å². The number of hydrogen-bond acceptors (Lipinski definition) is 9. The molecule has 0 N–H and O–H groups in total. The van der Waals surface area contributed by atoms with E-state index >= 15 is 0 Å². The lowest BCUT2D eigenvalue weighted by molar-refractivity contribution is -0.247. The molecular formula is C24H25F6O9S2-. The van der Waals surface area contributed by atoms with Gasteiger partial charge >= 0.3 is 26.5 Å². The van der Waals surface area contributed by atoms with Crippen molar-refractivity contribution in [3.63, 3.8) is 0 Å². The third-order valence-electron chi connectivity index (χ3n) is 7.99. The van der Waals surface area contributed by atoms with Crippen molar-refractivity contribution in [1.82, 2.24) is 0 Å². The average Bonchev–Trinajstić information content (AvgIpc) is 3.48. The van der Waals surface area contributed by atoms with Crippen LogP contribution >= 0.6 is 0 Å². The Morgan fingerprint density at radius 1 is 0.854 bits per heavy atom. The quantitative estimate of drug-likeness (QED) is 0.108. The number of Topliss-reactive ketones (excluding diaryl/α,β-unsaturated/α-hetero) is 3. The van der Waals surface area contributed by atoms with Crippen molar-refractivity contribution in [2.24, 2.45) is 29.1 Å². The van der Waals surface area contributed by atoms with E-state index in [9.17, 15) is 62.1 Å². The predicted molar refractivity (Wildman–Crippen MR) is 127 cm³/mol. The standard InChI is InChI=1S/C24H26F6O9S2/c1-4-21(2,3)20(33)17-11-13-9-14(17)10-16(13)19(32)18(31)12-5-7-15(8-6-12)39-41(37,38)24(29,30)22(25,26)23(27,28)40(34,35)36/h5-8,13-14,16-17H,4,9-11H2,1-3H3,(H,34,35,36)/p-1. The first-order chi connectivity index (χ1) is 18.4. The van der Waals surface area contributed by atoms with Crippen molar-refractivity contribution in [2.45, 2.75) is 62.9 Å². The molecule has 0 heterocycles. The molecule has 2 aliphatic rings. The van der Waals surface area contributed by atoms with E-state index in [1.54, 1.807) is 0 Å². The first-order valence-corrected chi connectivity index (χ1v) is 15.0. The fourth-order valence-corrected chi connectivity index (χ4v) is 6.65. The van der Waals surface area contributed by atoms with E-state index in [1.165, 1.54) is 0 Å². The Balaban J connectivity index is 1.72. The molecule has 0 aromatic heterocycles. The summed E-state index contributed by atoms with van der Waals surface area (Å²) in [5, 5.41) is -13.9. The summed E-state index contributed by atoms with van der Waals surface area (Å²) < 4.78 is 140. The van der Waals surface area contributed by atoms with Crippen molar-refractivity contribution >= 4 is 37.6 Å². The Bertz CT molecular complexity index is 1450. The Kier molecular flexibility index (Phi) is 8.31. The molecule has 0 aliphatic heterocycles. The van der Waals surface area contributed by atoms with Crippen molar-refractivity contribution in [3.8, 4) is 5.75 Å². The van der Waals surface area contributed by atoms with Gasteiger partial charge in [-0.15, -0.1) is 0 Å². The summed E-state index contributed by atoms with van der Waals surface area (Å²) in [4.78, 5) is 38.5. The van der Waals surface area contributed by atoms with Crippen LogP contribution in [0, 0.1) is 29.1 Å². The zero-order chi connectivity index (χ0) is 31.6. The molecule has 230 valence electrons. The molecule has 4 unspecified atom stereocenters. The van der Waals surface area contributed by atoms with Gasteiger partial charge < -0.3 is 8.74 Å². The number of rotatable bonds is 12. The van der Waals surface area contributed by atoms with Crippen LogP contribution in [0.5, 0.6) is 5.75 Å². The van der Waals surface area contributed by atoms with E-state index in [0.717, 1.165) is 12.1 Å². The number of fused-ring (bicyclic) bond motifs is 2. The topological polar surface area (TPSA) is 152 Å². The van der Waals surface area contributed by atoms with Crippen LogP contribution in [-0.2, 0) is 29.8 Å². The molecule has 1 aromatic rings. The van der Waals surface area contributed by atoms with Gasteiger partial charge in [0.05, 0.1) is 0 Å². The second-order valence-electron chi connectivity index (χ2n) is 10.9. The molecule has 41 heavy (non-hydrogen) atoms. The Labute approximate surface area is 231 Å². The van der Waals surface area contributed by atoms with Crippen LogP contribution in [0.2, 0.25) is 0 Å². The maximum absolute atomic E-state index is 13.9. The molecule has 9 nitrogen and oxygen atoms in total. The van der Waals surface area contributed by atoms with Crippen LogP contribution in [0.1, 0.15) is 56.8 Å². The van der Waals surface area contributed by atoms with Crippen LogP contribution in [0.25, 0.3) is 0 Å². The Morgan fingerprint density at radius 2 is 1.34 bits per heavy atom. The van der Waals surface area contributed by atoms with Gasteiger partial charge in [0.15, 0.2) is 10.1 Å². The van der Waals surface area contributed by atoms with E-state index in [2.05, 4.69) is 4.18 Å². The minimum Gasteiger partial charge on any atom is -0.743 e. The monoisotopic (exact) mass is 635 g/mol. The van der Waals surface area contributed by atoms with Crippen LogP contribution in [0.3, 0.4) is 0 Å². The molecule has 1 aromatic carbocycles. The summed E-state index contributed by atoms with van der Waals surface area (Å²) >= 11 is 0. The molecule has 0 amide bonds. The zero-order valence-corrected chi connectivity index (χ0v) is 23.3. The van der Waals surface area contributed by atoms with Gasteiger partial charge in [0.2, 0.25) is 11.6 Å². The molecule has 17 heteroatoms. The summed E-state index contributed by atoms with van der Waals surface area (Å²) in [7, 11) is -14.5. The highest BCUT2D eigenvalue weighted by Gasteiger charge is 2.81. The van der Waals surface area contributed by atoms with Gasteiger partial charge in [-0.1, -0.05) is 20.8 Å². The van der Waals surface area contributed by atoms with E-state index in [4.69, 9.17) is 0 Å². The third kappa shape index (κ3) is 5.40. The maximum atomic E-state index is 13.9. The second-order valence-corrected chi connectivity index (χ2v) is 13.9. The van der Waals surface area contributed by atoms with Gasteiger partial charge in [-0.2, -0.15) is 34.8 Å². The lowest BCUT2D eigenvalue weighted by atomic mass is 9.70. The van der Waals surface area contributed by atoms with Crippen LogP contribution in [0.15, 0.2) is 24.3 Å². The van der Waals surface area contributed by atoms with Crippen LogP contribution in [0.4, 0.5) is 26.3 Å². The van der Waals surface area contributed by atoms with Crippen LogP contribution < -0.4 is 4.18 Å². The van der Waals surface area contributed by atoms with Gasteiger partial charge in [-0.05, 0) is 61.8 Å². The van der Waals surface area contributed by atoms with Gasteiger partial charge in [-0.3, -0.25) is 14.4 Å². The van der Waals surface area contributed by atoms with Gasteiger partial charge in [-0.25, -0.2) is 8.42 Å². The molecule has 2 bridgehead atoms. The highest BCUT2D eigenvalue weighted by atomic mass is 32.2. The minimum absolute atomic E-state index is 0.0789. The number of benzene rings is 1. The summed E-state index contributed by atoms with van der Waals surface area (Å²) in [6, 6.07) is 2.47. The number of alkyl halides is 6. The van der Waals surface area contributed by atoms with Crippen LogP contribution in [-0.4, -0.2) is 55.2 Å². The summed E-state index contributed by atoms with van der Waals surface area (Å²) in [5.74, 6) is -11.4. The van der Waals surface area contributed by atoms with Gasteiger partial charge in [0.1, 0.15) is 11.5 Å². The fraction of sp³-hybridized carbons (Fsp3) is 0.625. The number of ketones is 3. The fourth-order valence-electron chi connectivity index (χ4n) is 5.23. The lowest BCUT2D eigenvalue weighted by Crippen LogP contribution is -2.61. The van der Waals surface area contributed by atoms with E-state index in [-0.39, 0.29) is 29.1 Å². The average molecular weight is 636 g/mol. The largest absolute Gasteiger partial charge is 0.743 e. The number of carbonyl (C=O) groups excluding carboxylic acids is 3. The first kappa shape index (κ1) is 33.0. The third-order valence-corrected chi connectivity index (χ3v) is 10.2. The molecule has 2 saturated carbocycles. The Morgan fingerprint density at radius 3 is 1.78 bits per heavy atom. The van der Waals surface area contributed by atoms with E-state index in [1.807, 2.05) is 20.8 Å². The Hall–Kier alpha value is -2.53. The van der Waals surface area contributed by atoms with Gasteiger partial charge in [0, 0.05) is 22.8 Å². The molecule has 0 spiro atoms. The van der Waals surface area contributed by atoms with E-state index in [0.29, 0.717) is 37.8 Å². The predicted octanol–water partition coefficient (Wildman–Crippen LogP) is 4.18. The number of halogens is 6. The first-order valence-electron chi connectivity index (χ1n) is 12.2. The molecular weight excluding hydrogens is 610 g/mol. The number of hydrogen-bond donors (Lipinski definition) is 0. The SMILES string of the molecule is CCC(C)(C)C(=O)C1CC2CC1CC2C(=O)C(=O)c1ccc(OS(=O)(=O)C(F)(F)C(F)(F)C(F)(F)S(=O)(=O)[O-])cc1. The van der Waals surface area contributed by atoms with Crippen molar-refractivity contribution < 1.29 is 66.3 Å².